The summed E-state index contributed by atoms with van der Waals surface area (Å²) in [4.78, 5) is 9.88. The molecule has 0 saturated carbocycles. The summed E-state index contributed by atoms with van der Waals surface area (Å²) in [6, 6.07) is 0. The molecule has 0 aliphatic carbocycles. The monoisotopic (exact) mass is 300 g/mol. The molecule has 124 valence electrons. The molecule has 0 aliphatic heterocycles. The minimum atomic E-state index is -0.452. The Labute approximate surface area is 128 Å². The van der Waals surface area contributed by atoms with Crippen LogP contribution in [-0.2, 0) is 0 Å². The first kappa shape index (κ1) is 19.7. The summed E-state index contributed by atoms with van der Waals surface area (Å²) in [5.74, 6) is 0.470. The number of unbranched alkanes of at least 4 members (excludes halogenated alkanes) is 9. The molecule has 0 fully saturated rings. The Bertz CT molecular complexity index is 283. The van der Waals surface area contributed by atoms with Crippen molar-refractivity contribution in [3.63, 3.8) is 0 Å². The van der Waals surface area contributed by atoms with Gasteiger partial charge in [-0.25, -0.2) is 0 Å². The van der Waals surface area contributed by atoms with Crippen molar-refractivity contribution in [1.82, 2.24) is 10.6 Å². The zero-order valence-electron chi connectivity index (χ0n) is 13.4. The van der Waals surface area contributed by atoms with Gasteiger partial charge in [-0.1, -0.05) is 51.4 Å². The topological polar surface area (TPSA) is 93.2 Å². The Hall–Kier alpha value is -1.30. The molecule has 0 heterocycles. The maximum Gasteiger partial charge on any atom is 0.274 e. The van der Waals surface area contributed by atoms with E-state index in [0.717, 1.165) is 32.1 Å². The Balaban J connectivity index is 3.27. The lowest BCUT2D eigenvalue weighted by Gasteiger charge is -2.07. The molecule has 21 heavy (non-hydrogen) atoms. The highest BCUT2D eigenvalue weighted by Crippen LogP contribution is 2.10. The summed E-state index contributed by atoms with van der Waals surface area (Å²) in [7, 11) is 1.68. The first-order valence-corrected chi connectivity index (χ1v) is 8.17. The van der Waals surface area contributed by atoms with Gasteiger partial charge in [0.2, 0.25) is 0 Å². The minimum absolute atomic E-state index is 0.452. The summed E-state index contributed by atoms with van der Waals surface area (Å²) in [6.45, 7) is 1.60. The molecule has 0 bridgehead atoms. The van der Waals surface area contributed by atoms with E-state index in [-0.39, 0.29) is 0 Å². The zero-order valence-corrected chi connectivity index (χ0v) is 13.4. The summed E-state index contributed by atoms with van der Waals surface area (Å²) in [6.07, 6.45) is 13.5. The molecule has 0 aromatic rings. The fourth-order valence-electron chi connectivity index (χ4n) is 2.21. The molecule has 6 heteroatoms. The van der Waals surface area contributed by atoms with Crippen molar-refractivity contribution in [1.29, 1.82) is 0 Å². The van der Waals surface area contributed by atoms with Crippen LogP contribution in [0, 0.1) is 10.1 Å². The minimum Gasteiger partial charge on any atom is -0.370 e. The summed E-state index contributed by atoms with van der Waals surface area (Å²) in [5.41, 5.74) is 5.45. The lowest BCUT2D eigenvalue weighted by Crippen LogP contribution is -2.25. The SMILES string of the molecule is CNC(=C[N+](=O)[O-])NCCCCCCCCCCCCN. The van der Waals surface area contributed by atoms with Crippen LogP contribution in [0.15, 0.2) is 12.0 Å². The van der Waals surface area contributed by atoms with Crippen LogP contribution < -0.4 is 16.4 Å². The predicted octanol–water partition coefficient (Wildman–Crippen LogP) is 2.73. The van der Waals surface area contributed by atoms with E-state index in [2.05, 4.69) is 10.6 Å². The zero-order chi connectivity index (χ0) is 15.8. The normalized spacial score (nSPS) is 11.4. The van der Waals surface area contributed by atoms with Gasteiger partial charge in [0.25, 0.3) is 6.20 Å². The molecule has 0 aromatic heterocycles. The van der Waals surface area contributed by atoms with Gasteiger partial charge in [0, 0.05) is 13.6 Å². The first-order chi connectivity index (χ1) is 10.2. The largest absolute Gasteiger partial charge is 0.370 e. The van der Waals surface area contributed by atoms with Crippen LogP contribution in [0.25, 0.3) is 0 Å². The molecule has 0 unspecified atom stereocenters. The molecule has 0 amide bonds. The number of nitrogens with two attached hydrogens (primary N) is 1. The third-order valence-corrected chi connectivity index (χ3v) is 3.45. The number of nitrogens with one attached hydrogen (secondary N) is 2. The van der Waals surface area contributed by atoms with Gasteiger partial charge in [-0.05, 0) is 19.4 Å². The number of rotatable bonds is 15. The van der Waals surface area contributed by atoms with Crippen molar-refractivity contribution in [2.45, 2.75) is 64.2 Å². The molecule has 0 aromatic carbocycles. The van der Waals surface area contributed by atoms with Crippen molar-refractivity contribution in [2.75, 3.05) is 20.1 Å². The molecule has 0 spiro atoms. The lowest BCUT2D eigenvalue weighted by molar-refractivity contribution is -0.404. The van der Waals surface area contributed by atoms with Crippen LogP contribution in [-0.4, -0.2) is 25.1 Å². The number of nitro groups is 1. The van der Waals surface area contributed by atoms with E-state index in [0.29, 0.717) is 5.82 Å². The molecular formula is C15H32N4O2. The standard InChI is InChI=1S/C15H32N4O2/c1-17-15(14-19(20)21)18-13-11-9-7-5-3-2-4-6-8-10-12-16/h14,17-18H,2-13,16H2,1H3. The van der Waals surface area contributed by atoms with E-state index in [1.54, 1.807) is 7.05 Å². The van der Waals surface area contributed by atoms with E-state index >= 15 is 0 Å². The fourth-order valence-corrected chi connectivity index (χ4v) is 2.21. The Morgan fingerprint density at radius 2 is 1.48 bits per heavy atom. The Kier molecular flexibility index (Phi) is 14.2. The van der Waals surface area contributed by atoms with Gasteiger partial charge in [-0.15, -0.1) is 0 Å². The number of nitrogens with zero attached hydrogens (tertiary/aromatic N) is 1. The highest BCUT2D eigenvalue weighted by Gasteiger charge is 1.99. The molecular weight excluding hydrogens is 268 g/mol. The van der Waals surface area contributed by atoms with E-state index in [4.69, 9.17) is 5.73 Å². The summed E-state index contributed by atoms with van der Waals surface area (Å²) < 4.78 is 0. The van der Waals surface area contributed by atoms with Crippen molar-refractivity contribution >= 4 is 0 Å². The molecule has 0 radical (unpaired) electrons. The van der Waals surface area contributed by atoms with Gasteiger partial charge in [0.05, 0.1) is 4.92 Å². The lowest BCUT2D eigenvalue weighted by atomic mass is 10.1. The van der Waals surface area contributed by atoms with Crippen LogP contribution in [0.4, 0.5) is 0 Å². The fraction of sp³-hybridized carbons (Fsp3) is 0.867. The van der Waals surface area contributed by atoms with Crippen molar-refractivity contribution in [2.24, 2.45) is 5.73 Å². The van der Waals surface area contributed by atoms with E-state index in [9.17, 15) is 10.1 Å². The Morgan fingerprint density at radius 1 is 1.00 bits per heavy atom. The molecule has 0 aliphatic rings. The van der Waals surface area contributed by atoms with Gasteiger partial charge < -0.3 is 16.4 Å². The van der Waals surface area contributed by atoms with Crippen LogP contribution in [0.2, 0.25) is 0 Å². The second-order valence-electron chi connectivity index (χ2n) is 5.33. The first-order valence-electron chi connectivity index (χ1n) is 8.17. The highest BCUT2D eigenvalue weighted by atomic mass is 16.6. The number of hydrogen-bond donors (Lipinski definition) is 3. The van der Waals surface area contributed by atoms with Gasteiger partial charge >= 0.3 is 0 Å². The van der Waals surface area contributed by atoms with Crippen LogP contribution in [0.5, 0.6) is 0 Å². The predicted molar refractivity (Wildman–Crippen MR) is 87.4 cm³/mol. The van der Waals surface area contributed by atoms with Crippen LogP contribution in [0.1, 0.15) is 64.2 Å². The van der Waals surface area contributed by atoms with Crippen molar-refractivity contribution in [3.8, 4) is 0 Å². The smallest absolute Gasteiger partial charge is 0.274 e. The second-order valence-corrected chi connectivity index (χ2v) is 5.33. The van der Waals surface area contributed by atoms with Gasteiger partial charge in [-0.2, -0.15) is 0 Å². The van der Waals surface area contributed by atoms with Crippen LogP contribution >= 0.6 is 0 Å². The average Bonchev–Trinajstić information content (AvgIpc) is 2.46. The maximum atomic E-state index is 10.3. The molecule has 6 nitrogen and oxygen atoms in total. The average molecular weight is 300 g/mol. The maximum absolute atomic E-state index is 10.3. The van der Waals surface area contributed by atoms with Gasteiger partial charge in [0.1, 0.15) is 0 Å². The van der Waals surface area contributed by atoms with E-state index in [1.165, 1.54) is 51.4 Å². The van der Waals surface area contributed by atoms with Crippen molar-refractivity contribution < 1.29 is 4.92 Å². The highest BCUT2D eigenvalue weighted by molar-refractivity contribution is 4.89. The quantitative estimate of drug-likeness (QED) is 0.246. The van der Waals surface area contributed by atoms with Gasteiger partial charge in [-0.3, -0.25) is 10.1 Å². The molecule has 0 atom stereocenters. The second kappa shape index (κ2) is 15.1. The van der Waals surface area contributed by atoms with E-state index < -0.39 is 4.92 Å². The summed E-state index contributed by atoms with van der Waals surface area (Å²) >= 11 is 0. The Morgan fingerprint density at radius 3 is 1.90 bits per heavy atom. The molecule has 0 saturated heterocycles. The van der Waals surface area contributed by atoms with Gasteiger partial charge in [0.15, 0.2) is 5.82 Å². The molecule has 4 N–H and O–H groups in total. The van der Waals surface area contributed by atoms with Crippen molar-refractivity contribution in [3.05, 3.63) is 22.1 Å². The summed E-state index contributed by atoms with van der Waals surface area (Å²) in [5, 5.41) is 16.1. The van der Waals surface area contributed by atoms with Crippen LogP contribution in [0.3, 0.4) is 0 Å². The third-order valence-electron chi connectivity index (χ3n) is 3.45. The molecule has 0 rings (SSSR count). The van der Waals surface area contributed by atoms with E-state index in [1.807, 2.05) is 0 Å². The third kappa shape index (κ3) is 14.9. The number of hydrogen-bond acceptors (Lipinski definition) is 5.